The van der Waals surface area contributed by atoms with E-state index in [1.807, 2.05) is 0 Å². The third-order valence-corrected chi connectivity index (χ3v) is 5.71. The minimum absolute atomic E-state index is 0.519. The zero-order valence-electron chi connectivity index (χ0n) is 11.3. The molecule has 2 bridgehead atoms. The van der Waals surface area contributed by atoms with Gasteiger partial charge in [-0.15, -0.1) is 0 Å². The van der Waals surface area contributed by atoms with Crippen LogP contribution in [-0.4, -0.2) is 26.3 Å². The minimum Gasteiger partial charge on any atom is -0.385 e. The Bertz CT molecular complexity index is 251. The molecule has 2 aliphatic rings. The van der Waals surface area contributed by atoms with Crippen LogP contribution in [0.2, 0.25) is 0 Å². The number of nitrogens with one attached hydrogen (secondary N) is 1. The van der Waals surface area contributed by atoms with E-state index in [1.54, 1.807) is 7.11 Å². The molecule has 0 aromatic rings. The molecular formula is C14H27NO. The van der Waals surface area contributed by atoms with Gasteiger partial charge in [-0.25, -0.2) is 0 Å². The first kappa shape index (κ1) is 12.4. The van der Waals surface area contributed by atoms with Gasteiger partial charge >= 0.3 is 0 Å². The van der Waals surface area contributed by atoms with Crippen molar-refractivity contribution >= 4 is 0 Å². The smallest absolute Gasteiger partial charge is 0.0474 e. The first-order valence-electron chi connectivity index (χ1n) is 6.74. The normalized spacial score (nSPS) is 40.5. The van der Waals surface area contributed by atoms with E-state index in [9.17, 15) is 0 Å². The van der Waals surface area contributed by atoms with Gasteiger partial charge in [0.15, 0.2) is 0 Å². The van der Waals surface area contributed by atoms with Crippen molar-refractivity contribution in [1.29, 1.82) is 0 Å². The van der Waals surface area contributed by atoms with Crippen molar-refractivity contribution in [1.82, 2.24) is 5.32 Å². The monoisotopic (exact) mass is 225 g/mol. The molecular weight excluding hydrogens is 198 g/mol. The van der Waals surface area contributed by atoms with Crippen molar-refractivity contribution in [3.8, 4) is 0 Å². The summed E-state index contributed by atoms with van der Waals surface area (Å²) in [5, 5.41) is 3.76. The van der Waals surface area contributed by atoms with Gasteiger partial charge < -0.3 is 10.1 Å². The maximum Gasteiger partial charge on any atom is 0.0474 e. The lowest BCUT2D eigenvalue weighted by molar-refractivity contribution is 0.119. The summed E-state index contributed by atoms with van der Waals surface area (Å²) in [5.41, 5.74) is 1.05. The molecule has 2 heteroatoms. The molecule has 2 nitrogen and oxygen atoms in total. The van der Waals surface area contributed by atoms with E-state index in [1.165, 1.54) is 19.3 Å². The van der Waals surface area contributed by atoms with Gasteiger partial charge in [-0.3, -0.25) is 0 Å². The predicted octanol–water partition coefficient (Wildman–Crippen LogP) is 2.83. The van der Waals surface area contributed by atoms with E-state index in [0.717, 1.165) is 31.5 Å². The number of fused-ring (bicyclic) bond motifs is 2. The maximum atomic E-state index is 5.09. The summed E-state index contributed by atoms with van der Waals surface area (Å²) in [5.74, 6) is 0.942. The molecule has 16 heavy (non-hydrogen) atoms. The molecule has 0 aromatic heterocycles. The highest BCUT2D eigenvalue weighted by Gasteiger charge is 2.60. The summed E-state index contributed by atoms with van der Waals surface area (Å²) >= 11 is 0. The van der Waals surface area contributed by atoms with E-state index in [0.29, 0.717) is 10.8 Å². The van der Waals surface area contributed by atoms with Crippen LogP contribution in [0.1, 0.15) is 46.5 Å². The molecule has 1 N–H and O–H groups in total. The fourth-order valence-electron chi connectivity index (χ4n) is 4.01. The molecule has 2 rings (SSSR count). The predicted molar refractivity (Wildman–Crippen MR) is 67.5 cm³/mol. The minimum atomic E-state index is 0.519. The molecule has 0 spiro atoms. The van der Waals surface area contributed by atoms with Crippen LogP contribution in [-0.2, 0) is 4.74 Å². The van der Waals surface area contributed by atoms with Crippen molar-refractivity contribution in [3.63, 3.8) is 0 Å². The SMILES string of the molecule is COCCCNC1CC2CC[C@@]1(C)C2(C)C. The Morgan fingerprint density at radius 1 is 1.31 bits per heavy atom. The lowest BCUT2D eigenvalue weighted by Crippen LogP contribution is -2.44. The summed E-state index contributed by atoms with van der Waals surface area (Å²) in [7, 11) is 1.78. The van der Waals surface area contributed by atoms with E-state index >= 15 is 0 Å². The van der Waals surface area contributed by atoms with Gasteiger partial charge in [0.1, 0.15) is 0 Å². The van der Waals surface area contributed by atoms with Gasteiger partial charge in [0, 0.05) is 19.8 Å². The van der Waals surface area contributed by atoms with Crippen LogP contribution in [0.4, 0.5) is 0 Å². The fraction of sp³-hybridized carbons (Fsp3) is 1.00. The van der Waals surface area contributed by atoms with Crippen LogP contribution in [0.3, 0.4) is 0 Å². The summed E-state index contributed by atoms with van der Waals surface area (Å²) in [6.07, 6.45) is 5.37. The van der Waals surface area contributed by atoms with Crippen molar-refractivity contribution in [2.75, 3.05) is 20.3 Å². The van der Waals surface area contributed by atoms with Crippen LogP contribution in [0.25, 0.3) is 0 Å². The van der Waals surface area contributed by atoms with Gasteiger partial charge in [-0.2, -0.15) is 0 Å². The standard InChI is InChI=1S/C14H27NO/c1-13(2)11-6-7-14(13,3)12(10-11)15-8-5-9-16-4/h11-12,15H,5-10H2,1-4H3/t11?,12?,14-/m1/s1. The summed E-state index contributed by atoms with van der Waals surface area (Å²) < 4.78 is 5.09. The van der Waals surface area contributed by atoms with Gasteiger partial charge in [0.2, 0.25) is 0 Å². The van der Waals surface area contributed by atoms with Gasteiger partial charge in [0.25, 0.3) is 0 Å². The summed E-state index contributed by atoms with van der Waals surface area (Å²) in [6, 6.07) is 0.734. The topological polar surface area (TPSA) is 21.3 Å². The average Bonchev–Trinajstić information content (AvgIpc) is 2.57. The lowest BCUT2D eigenvalue weighted by atomic mass is 9.69. The Morgan fingerprint density at radius 2 is 2.06 bits per heavy atom. The molecule has 2 aliphatic carbocycles. The van der Waals surface area contributed by atoms with E-state index in [2.05, 4.69) is 26.1 Å². The van der Waals surface area contributed by atoms with Crippen LogP contribution < -0.4 is 5.32 Å². The van der Waals surface area contributed by atoms with Gasteiger partial charge in [0.05, 0.1) is 0 Å². The van der Waals surface area contributed by atoms with Crippen LogP contribution >= 0.6 is 0 Å². The van der Waals surface area contributed by atoms with Gasteiger partial charge in [-0.1, -0.05) is 20.8 Å². The van der Waals surface area contributed by atoms with Crippen LogP contribution in [0.5, 0.6) is 0 Å². The van der Waals surface area contributed by atoms with Crippen LogP contribution in [0.15, 0.2) is 0 Å². The Hall–Kier alpha value is -0.0800. The number of hydrogen-bond donors (Lipinski definition) is 1. The highest BCUT2D eigenvalue weighted by atomic mass is 16.5. The molecule has 2 unspecified atom stereocenters. The second kappa shape index (κ2) is 4.30. The number of hydrogen-bond acceptors (Lipinski definition) is 2. The Kier molecular flexibility index (Phi) is 3.33. The van der Waals surface area contributed by atoms with Crippen molar-refractivity contribution in [3.05, 3.63) is 0 Å². The molecule has 2 saturated carbocycles. The molecule has 0 radical (unpaired) electrons. The molecule has 0 amide bonds. The average molecular weight is 225 g/mol. The molecule has 0 aliphatic heterocycles. The van der Waals surface area contributed by atoms with Crippen molar-refractivity contribution in [2.24, 2.45) is 16.7 Å². The highest BCUT2D eigenvalue weighted by molar-refractivity contribution is 5.12. The number of rotatable bonds is 5. The van der Waals surface area contributed by atoms with Crippen LogP contribution in [0, 0.1) is 16.7 Å². The maximum absolute atomic E-state index is 5.09. The Morgan fingerprint density at radius 3 is 2.56 bits per heavy atom. The van der Waals surface area contributed by atoms with E-state index in [-0.39, 0.29) is 0 Å². The summed E-state index contributed by atoms with van der Waals surface area (Å²) in [6.45, 7) is 9.43. The largest absolute Gasteiger partial charge is 0.385 e. The molecule has 0 saturated heterocycles. The molecule has 94 valence electrons. The highest BCUT2D eigenvalue weighted by Crippen LogP contribution is 2.65. The second-order valence-corrected chi connectivity index (χ2v) is 6.46. The molecule has 0 aromatic carbocycles. The van der Waals surface area contributed by atoms with E-state index in [4.69, 9.17) is 4.74 Å². The number of ether oxygens (including phenoxy) is 1. The Balaban J connectivity index is 1.89. The zero-order valence-corrected chi connectivity index (χ0v) is 11.3. The molecule has 3 atom stereocenters. The molecule has 0 heterocycles. The summed E-state index contributed by atoms with van der Waals surface area (Å²) in [4.78, 5) is 0. The quantitative estimate of drug-likeness (QED) is 0.726. The fourth-order valence-corrected chi connectivity index (χ4v) is 4.01. The lowest BCUT2D eigenvalue weighted by Gasteiger charge is -2.39. The first-order valence-corrected chi connectivity index (χ1v) is 6.74. The second-order valence-electron chi connectivity index (χ2n) is 6.46. The van der Waals surface area contributed by atoms with Crippen molar-refractivity contribution in [2.45, 2.75) is 52.5 Å². The third kappa shape index (κ3) is 1.70. The Labute approximate surface area is 100 Å². The third-order valence-electron chi connectivity index (χ3n) is 5.71. The zero-order chi connectivity index (χ0) is 11.8. The van der Waals surface area contributed by atoms with Gasteiger partial charge in [-0.05, 0) is 49.0 Å². The number of methoxy groups -OCH3 is 1. The first-order chi connectivity index (χ1) is 7.52. The van der Waals surface area contributed by atoms with E-state index < -0.39 is 0 Å². The molecule has 2 fully saturated rings. The van der Waals surface area contributed by atoms with Crippen molar-refractivity contribution < 1.29 is 4.74 Å².